The van der Waals surface area contributed by atoms with Crippen molar-refractivity contribution >= 4 is 27.5 Å². The molecule has 0 spiro atoms. The Bertz CT molecular complexity index is 1720. The lowest BCUT2D eigenvalue weighted by atomic mass is 10.0. The lowest BCUT2D eigenvalue weighted by Gasteiger charge is -2.34. The second-order valence-electron chi connectivity index (χ2n) is 10.4. The smallest absolute Gasteiger partial charge is 0.264 e. The van der Waals surface area contributed by atoms with E-state index in [-0.39, 0.29) is 23.5 Å². The number of carbonyl (C=O) groups is 2. The summed E-state index contributed by atoms with van der Waals surface area (Å²) in [4.78, 5) is 29.3. The van der Waals surface area contributed by atoms with E-state index in [1.165, 1.54) is 47.4 Å². The molecule has 4 aromatic carbocycles. The number of amides is 2. The average molecular weight is 632 g/mol. The van der Waals surface area contributed by atoms with Crippen molar-refractivity contribution in [2.45, 2.75) is 30.8 Å². The molecule has 0 aliphatic carbocycles. The Morgan fingerprint density at radius 2 is 1.49 bits per heavy atom. The predicted molar refractivity (Wildman–Crippen MR) is 168 cm³/mol. The summed E-state index contributed by atoms with van der Waals surface area (Å²) >= 11 is 0. The van der Waals surface area contributed by atoms with Gasteiger partial charge in [-0.2, -0.15) is 0 Å². The Labute approximate surface area is 262 Å². The number of fused-ring (bicyclic) bond motifs is 1. The van der Waals surface area contributed by atoms with Crippen LogP contribution in [0.5, 0.6) is 11.5 Å². The number of carbonyl (C=O) groups excluding carboxylic acids is 2. The molecule has 4 aromatic rings. The number of ether oxygens (including phenoxy) is 2. The van der Waals surface area contributed by atoms with Crippen molar-refractivity contribution in [2.75, 3.05) is 30.6 Å². The van der Waals surface area contributed by atoms with Crippen LogP contribution in [0.25, 0.3) is 0 Å². The highest BCUT2D eigenvalue weighted by molar-refractivity contribution is 7.92. The van der Waals surface area contributed by atoms with E-state index in [9.17, 15) is 22.4 Å². The summed E-state index contributed by atoms with van der Waals surface area (Å²) in [5.41, 5.74) is 1.57. The highest BCUT2D eigenvalue weighted by Crippen LogP contribution is 2.36. The van der Waals surface area contributed by atoms with Gasteiger partial charge in [0.1, 0.15) is 31.6 Å². The average Bonchev–Trinajstić information content (AvgIpc) is 3.06. The molecule has 0 bridgehead atoms. The van der Waals surface area contributed by atoms with E-state index in [0.717, 1.165) is 9.87 Å². The van der Waals surface area contributed by atoms with Crippen LogP contribution >= 0.6 is 0 Å². The molecule has 11 heteroatoms. The molecular formula is C34H34FN3O6S. The van der Waals surface area contributed by atoms with E-state index in [1.54, 1.807) is 37.3 Å². The van der Waals surface area contributed by atoms with E-state index in [1.807, 2.05) is 30.3 Å². The van der Waals surface area contributed by atoms with Gasteiger partial charge in [-0.15, -0.1) is 0 Å². The van der Waals surface area contributed by atoms with Gasteiger partial charge in [0.25, 0.3) is 10.0 Å². The Kier molecular flexibility index (Phi) is 9.99. The number of likely N-dealkylation sites (N-methyl/N-ethyl adjacent to an activating group) is 1. The van der Waals surface area contributed by atoms with E-state index >= 15 is 0 Å². The van der Waals surface area contributed by atoms with Crippen molar-refractivity contribution in [1.29, 1.82) is 0 Å². The van der Waals surface area contributed by atoms with Gasteiger partial charge in [-0.3, -0.25) is 13.9 Å². The maximum atomic E-state index is 14.4. The molecule has 0 saturated heterocycles. The molecule has 0 saturated carbocycles. The first-order valence-corrected chi connectivity index (χ1v) is 16.0. The fourth-order valence-corrected chi connectivity index (χ4v) is 6.50. The number of benzene rings is 4. The number of nitrogens with one attached hydrogen (secondary N) is 1. The molecular weight excluding hydrogens is 597 g/mol. The molecule has 1 heterocycles. The van der Waals surface area contributed by atoms with Crippen LogP contribution in [0.15, 0.2) is 108 Å². The topological polar surface area (TPSA) is 105 Å². The molecule has 234 valence electrons. The Morgan fingerprint density at radius 3 is 2.16 bits per heavy atom. The van der Waals surface area contributed by atoms with Crippen LogP contribution in [0, 0.1) is 5.82 Å². The third-order valence-electron chi connectivity index (χ3n) is 7.31. The minimum absolute atomic E-state index is 0.0117. The number of anilines is 1. The van der Waals surface area contributed by atoms with E-state index in [2.05, 4.69) is 5.32 Å². The van der Waals surface area contributed by atoms with E-state index in [4.69, 9.17) is 9.47 Å². The highest BCUT2D eigenvalue weighted by Gasteiger charge is 2.35. The van der Waals surface area contributed by atoms with Gasteiger partial charge in [-0.25, -0.2) is 12.8 Å². The van der Waals surface area contributed by atoms with Crippen LogP contribution in [0.3, 0.4) is 0 Å². The Balaban J connectivity index is 1.57. The first-order valence-electron chi connectivity index (χ1n) is 14.6. The first kappa shape index (κ1) is 31.5. The van der Waals surface area contributed by atoms with Crippen molar-refractivity contribution in [1.82, 2.24) is 10.2 Å². The second-order valence-corrected chi connectivity index (χ2v) is 12.3. The molecule has 0 radical (unpaired) electrons. The van der Waals surface area contributed by atoms with Gasteiger partial charge in [0.05, 0.1) is 10.6 Å². The molecule has 1 atom stereocenters. The zero-order valence-corrected chi connectivity index (χ0v) is 25.6. The molecule has 0 fully saturated rings. The zero-order valence-electron chi connectivity index (χ0n) is 24.8. The summed E-state index contributed by atoms with van der Waals surface area (Å²) in [7, 11) is -4.26. The third kappa shape index (κ3) is 7.61. The molecule has 0 aromatic heterocycles. The normalized spacial score (nSPS) is 13.0. The maximum Gasteiger partial charge on any atom is 0.264 e. The van der Waals surface area contributed by atoms with Crippen molar-refractivity contribution in [3.05, 3.63) is 120 Å². The Morgan fingerprint density at radius 1 is 0.844 bits per heavy atom. The van der Waals surface area contributed by atoms with Crippen LogP contribution in [0.1, 0.15) is 18.1 Å². The SMILES string of the molecule is CCNC(=O)C(Cc1ccccc1)N(Cc1ccc(F)cc1)C(=O)CN(c1ccc2c(c1)OCCO2)S(=O)(=O)c1ccccc1. The molecule has 5 rings (SSSR count). The first-order chi connectivity index (χ1) is 21.8. The zero-order chi connectivity index (χ0) is 31.8. The molecule has 1 aliphatic rings. The van der Waals surface area contributed by atoms with Gasteiger partial charge in [0.2, 0.25) is 11.8 Å². The molecule has 1 unspecified atom stereocenters. The lowest BCUT2D eigenvalue weighted by molar-refractivity contribution is -0.140. The van der Waals surface area contributed by atoms with Crippen molar-refractivity contribution in [2.24, 2.45) is 0 Å². The van der Waals surface area contributed by atoms with Crippen molar-refractivity contribution in [3.63, 3.8) is 0 Å². The largest absolute Gasteiger partial charge is 0.486 e. The van der Waals surface area contributed by atoms with Crippen LogP contribution in [0.4, 0.5) is 10.1 Å². The summed E-state index contributed by atoms with van der Waals surface area (Å²) in [6, 6.07) is 26.3. The number of halogens is 1. The van der Waals surface area contributed by atoms with Gasteiger partial charge in [-0.05, 0) is 54.4 Å². The van der Waals surface area contributed by atoms with Crippen molar-refractivity contribution in [3.8, 4) is 11.5 Å². The summed E-state index contributed by atoms with van der Waals surface area (Å²) < 4.78 is 54.4. The van der Waals surface area contributed by atoms with Crippen LogP contribution in [-0.2, 0) is 32.6 Å². The summed E-state index contributed by atoms with van der Waals surface area (Å²) in [5.74, 6) is -0.646. The molecule has 1 aliphatic heterocycles. The standard InChI is InChI=1S/C34H34FN3O6S/c1-2-36-34(40)30(21-25-9-5-3-6-10-25)37(23-26-13-15-27(35)16-14-26)33(39)24-38(45(41,42)29-11-7-4-8-12-29)28-17-18-31-32(22-28)44-20-19-43-31/h3-18,22,30H,2,19-21,23-24H2,1H3,(H,36,40). The number of rotatable bonds is 12. The van der Waals surface area contributed by atoms with Gasteiger partial charge in [0.15, 0.2) is 11.5 Å². The number of hydrogen-bond acceptors (Lipinski definition) is 6. The van der Waals surface area contributed by atoms with Gasteiger partial charge < -0.3 is 19.7 Å². The Hall–Kier alpha value is -4.90. The van der Waals surface area contributed by atoms with Crippen molar-refractivity contribution < 1.29 is 31.9 Å². The summed E-state index contributed by atoms with van der Waals surface area (Å²) in [5, 5.41) is 2.82. The molecule has 45 heavy (non-hydrogen) atoms. The van der Waals surface area contributed by atoms with Gasteiger partial charge in [-0.1, -0.05) is 60.7 Å². The lowest BCUT2D eigenvalue weighted by Crippen LogP contribution is -2.53. The van der Waals surface area contributed by atoms with E-state index < -0.39 is 40.2 Å². The van der Waals surface area contributed by atoms with Crippen LogP contribution in [0.2, 0.25) is 0 Å². The molecule has 9 nitrogen and oxygen atoms in total. The number of nitrogens with zero attached hydrogens (tertiary/aromatic N) is 2. The minimum Gasteiger partial charge on any atom is -0.486 e. The minimum atomic E-state index is -4.26. The third-order valence-corrected chi connectivity index (χ3v) is 9.10. The fraction of sp³-hybridized carbons (Fsp3) is 0.235. The number of sulfonamides is 1. The van der Waals surface area contributed by atoms with Gasteiger partial charge in [0, 0.05) is 25.6 Å². The van der Waals surface area contributed by atoms with Crippen LogP contribution < -0.4 is 19.1 Å². The summed E-state index contributed by atoms with van der Waals surface area (Å²) in [6.07, 6.45) is 0.176. The number of hydrogen-bond donors (Lipinski definition) is 1. The highest BCUT2D eigenvalue weighted by atomic mass is 32.2. The van der Waals surface area contributed by atoms with Gasteiger partial charge >= 0.3 is 0 Å². The maximum absolute atomic E-state index is 14.4. The fourth-order valence-electron chi connectivity index (χ4n) is 5.07. The summed E-state index contributed by atoms with van der Waals surface area (Å²) in [6.45, 7) is 2.07. The van der Waals surface area contributed by atoms with Crippen LogP contribution in [-0.4, -0.2) is 57.5 Å². The molecule has 2 amide bonds. The van der Waals surface area contributed by atoms with E-state index in [0.29, 0.717) is 36.8 Å². The predicted octanol–water partition coefficient (Wildman–Crippen LogP) is 4.57. The second kappa shape index (κ2) is 14.3. The molecule has 1 N–H and O–H groups in total. The monoisotopic (exact) mass is 631 g/mol. The quantitative estimate of drug-likeness (QED) is 0.246.